The number of thioether (sulfide) groups is 1. The zero-order valence-electron chi connectivity index (χ0n) is 16.8. The SMILES string of the molecule is COC(=O)COc1cc(Br)c(/C=C2/SC(=Nc3cccc(Cl)c3C)NC2=O)cc1OC. The van der Waals surface area contributed by atoms with Gasteiger partial charge in [0.1, 0.15) is 0 Å². The molecule has 0 saturated carbocycles. The van der Waals surface area contributed by atoms with E-state index in [1.165, 1.54) is 26.0 Å². The van der Waals surface area contributed by atoms with Crippen molar-refractivity contribution < 1.29 is 23.8 Å². The lowest BCUT2D eigenvalue weighted by molar-refractivity contribution is -0.142. The number of hydrogen-bond donors (Lipinski definition) is 1. The molecular weight excluding hydrogens is 508 g/mol. The fourth-order valence-corrected chi connectivity index (χ4v) is 4.01. The number of amides is 1. The van der Waals surface area contributed by atoms with Crippen molar-refractivity contribution in [2.45, 2.75) is 6.92 Å². The molecule has 0 radical (unpaired) electrons. The quantitative estimate of drug-likeness (QED) is 0.428. The molecule has 1 aliphatic rings. The van der Waals surface area contributed by atoms with Gasteiger partial charge in [0.15, 0.2) is 23.3 Å². The number of ether oxygens (including phenoxy) is 3. The number of halogens is 2. The van der Waals surface area contributed by atoms with Gasteiger partial charge in [0.2, 0.25) is 0 Å². The van der Waals surface area contributed by atoms with Crippen molar-refractivity contribution in [2.24, 2.45) is 4.99 Å². The van der Waals surface area contributed by atoms with Gasteiger partial charge < -0.3 is 19.5 Å². The molecule has 7 nitrogen and oxygen atoms in total. The van der Waals surface area contributed by atoms with E-state index in [2.05, 4.69) is 31.0 Å². The van der Waals surface area contributed by atoms with Crippen molar-refractivity contribution in [3.05, 3.63) is 55.9 Å². The Hall–Kier alpha value is -2.49. The van der Waals surface area contributed by atoms with Gasteiger partial charge in [-0.1, -0.05) is 33.6 Å². The van der Waals surface area contributed by atoms with Gasteiger partial charge >= 0.3 is 5.97 Å². The van der Waals surface area contributed by atoms with Crippen molar-refractivity contribution in [3.8, 4) is 11.5 Å². The third-order valence-electron chi connectivity index (χ3n) is 4.25. The minimum Gasteiger partial charge on any atom is -0.493 e. The molecule has 1 aliphatic heterocycles. The number of methoxy groups -OCH3 is 2. The lowest BCUT2D eigenvalue weighted by Gasteiger charge is -2.12. The maximum Gasteiger partial charge on any atom is 0.343 e. The van der Waals surface area contributed by atoms with Crippen LogP contribution in [-0.4, -0.2) is 37.9 Å². The van der Waals surface area contributed by atoms with Gasteiger partial charge in [-0.3, -0.25) is 4.79 Å². The van der Waals surface area contributed by atoms with Gasteiger partial charge in [-0.2, -0.15) is 0 Å². The Morgan fingerprint density at radius 3 is 2.77 bits per heavy atom. The summed E-state index contributed by atoms with van der Waals surface area (Å²) in [6.45, 7) is 1.62. The van der Waals surface area contributed by atoms with Gasteiger partial charge in [0.25, 0.3) is 5.91 Å². The van der Waals surface area contributed by atoms with Crippen molar-refractivity contribution in [1.82, 2.24) is 5.32 Å². The standard InChI is InChI=1S/C21H18BrClN2O5S/c1-11-14(23)5-4-6-15(11)24-21-25-20(27)18(31-21)8-12-7-16(28-2)17(9-13(12)22)30-10-19(26)29-3/h4-9H,10H2,1-3H3,(H,24,25,27)/b18-8+. The fraction of sp³-hybridized carbons (Fsp3) is 0.190. The van der Waals surface area contributed by atoms with Crippen LogP contribution in [0.1, 0.15) is 11.1 Å². The van der Waals surface area contributed by atoms with E-state index in [1.54, 1.807) is 30.3 Å². The molecule has 162 valence electrons. The summed E-state index contributed by atoms with van der Waals surface area (Å²) in [5.41, 5.74) is 2.21. The first-order chi connectivity index (χ1) is 14.8. The molecule has 1 fully saturated rings. The van der Waals surface area contributed by atoms with Crippen LogP contribution >= 0.6 is 39.3 Å². The summed E-state index contributed by atoms with van der Waals surface area (Å²) < 4.78 is 16.0. The first kappa shape index (κ1) is 23.2. The Balaban J connectivity index is 1.85. The summed E-state index contributed by atoms with van der Waals surface area (Å²) in [4.78, 5) is 28.7. The number of carbonyl (C=O) groups excluding carboxylic acids is 2. The number of nitrogens with zero attached hydrogens (tertiary/aromatic N) is 1. The normalized spacial score (nSPS) is 15.8. The molecule has 3 rings (SSSR count). The fourth-order valence-electron chi connectivity index (χ4n) is 2.58. The van der Waals surface area contributed by atoms with Crippen LogP contribution in [0.5, 0.6) is 11.5 Å². The van der Waals surface area contributed by atoms with E-state index in [4.69, 9.17) is 21.1 Å². The average molecular weight is 526 g/mol. The summed E-state index contributed by atoms with van der Waals surface area (Å²) in [5.74, 6) is 0.000375. The molecule has 1 amide bonds. The third kappa shape index (κ3) is 5.61. The van der Waals surface area contributed by atoms with E-state index in [1.807, 2.05) is 13.0 Å². The molecular formula is C21H18BrClN2O5S. The Kier molecular flexibility index (Phi) is 7.64. The first-order valence-corrected chi connectivity index (χ1v) is 10.9. The van der Waals surface area contributed by atoms with E-state index in [0.717, 1.165) is 5.56 Å². The summed E-state index contributed by atoms with van der Waals surface area (Å²) in [6.07, 6.45) is 1.71. The largest absolute Gasteiger partial charge is 0.493 e. The van der Waals surface area contributed by atoms with E-state index in [-0.39, 0.29) is 12.5 Å². The Morgan fingerprint density at radius 2 is 2.06 bits per heavy atom. The highest BCUT2D eigenvalue weighted by atomic mass is 79.9. The molecule has 0 atom stereocenters. The van der Waals surface area contributed by atoms with Crippen molar-refractivity contribution in [2.75, 3.05) is 20.8 Å². The van der Waals surface area contributed by atoms with Gasteiger partial charge in [-0.25, -0.2) is 9.79 Å². The Bertz CT molecular complexity index is 1100. The van der Waals surface area contributed by atoms with Crippen LogP contribution in [0.15, 0.2) is 44.7 Å². The summed E-state index contributed by atoms with van der Waals surface area (Å²) in [5, 5.41) is 3.83. The van der Waals surface area contributed by atoms with Crippen LogP contribution in [0.25, 0.3) is 6.08 Å². The van der Waals surface area contributed by atoms with Crippen molar-refractivity contribution in [1.29, 1.82) is 0 Å². The second-order valence-electron chi connectivity index (χ2n) is 6.26. The lowest BCUT2D eigenvalue weighted by atomic mass is 10.2. The van der Waals surface area contributed by atoms with E-state index in [0.29, 0.717) is 42.3 Å². The number of hydrogen-bond acceptors (Lipinski definition) is 7. The number of carbonyl (C=O) groups is 2. The molecule has 2 aromatic rings. The second kappa shape index (κ2) is 10.2. The molecule has 1 saturated heterocycles. The molecule has 0 spiro atoms. The number of esters is 1. The van der Waals surface area contributed by atoms with Crippen LogP contribution in [0.2, 0.25) is 5.02 Å². The van der Waals surface area contributed by atoms with Gasteiger partial charge in [-0.05, 0) is 60.2 Å². The van der Waals surface area contributed by atoms with E-state index >= 15 is 0 Å². The van der Waals surface area contributed by atoms with Crippen LogP contribution in [0.3, 0.4) is 0 Å². The number of benzene rings is 2. The number of amidine groups is 1. The Morgan fingerprint density at radius 1 is 1.29 bits per heavy atom. The predicted octanol–water partition coefficient (Wildman–Crippen LogP) is 4.86. The number of nitrogens with one attached hydrogen (secondary N) is 1. The molecule has 0 aromatic heterocycles. The predicted molar refractivity (Wildman–Crippen MR) is 125 cm³/mol. The average Bonchev–Trinajstić information content (AvgIpc) is 3.09. The highest BCUT2D eigenvalue weighted by molar-refractivity contribution is 9.10. The molecule has 1 N–H and O–H groups in total. The monoisotopic (exact) mass is 524 g/mol. The van der Waals surface area contributed by atoms with Crippen molar-refractivity contribution in [3.63, 3.8) is 0 Å². The zero-order valence-corrected chi connectivity index (χ0v) is 20.0. The Labute approximate surface area is 196 Å². The summed E-state index contributed by atoms with van der Waals surface area (Å²) >= 11 is 10.8. The maximum absolute atomic E-state index is 12.4. The van der Waals surface area contributed by atoms with E-state index in [9.17, 15) is 9.59 Å². The molecule has 0 aliphatic carbocycles. The molecule has 1 heterocycles. The minimum atomic E-state index is -0.509. The molecule has 0 unspecified atom stereocenters. The lowest BCUT2D eigenvalue weighted by Crippen LogP contribution is -2.19. The number of rotatable bonds is 6. The molecule has 10 heteroatoms. The highest BCUT2D eigenvalue weighted by Crippen LogP contribution is 2.37. The molecule has 0 bridgehead atoms. The van der Waals surface area contributed by atoms with E-state index < -0.39 is 5.97 Å². The van der Waals surface area contributed by atoms with Crippen LogP contribution < -0.4 is 14.8 Å². The summed E-state index contributed by atoms with van der Waals surface area (Å²) in [7, 11) is 2.77. The highest BCUT2D eigenvalue weighted by Gasteiger charge is 2.25. The zero-order chi connectivity index (χ0) is 22.5. The van der Waals surface area contributed by atoms with Crippen LogP contribution in [0.4, 0.5) is 5.69 Å². The first-order valence-electron chi connectivity index (χ1n) is 8.94. The molecule has 31 heavy (non-hydrogen) atoms. The maximum atomic E-state index is 12.4. The smallest absolute Gasteiger partial charge is 0.343 e. The van der Waals surface area contributed by atoms with Gasteiger partial charge in [0, 0.05) is 9.50 Å². The second-order valence-corrected chi connectivity index (χ2v) is 8.55. The van der Waals surface area contributed by atoms with Crippen molar-refractivity contribution >= 4 is 68.1 Å². The summed E-state index contributed by atoms with van der Waals surface area (Å²) in [6, 6.07) is 8.79. The number of aliphatic imine (C=N–C) groups is 1. The minimum absolute atomic E-state index is 0.249. The molecule has 2 aromatic carbocycles. The van der Waals surface area contributed by atoms with Gasteiger partial charge in [0.05, 0.1) is 24.8 Å². The van der Waals surface area contributed by atoms with Gasteiger partial charge in [-0.15, -0.1) is 0 Å². The van der Waals surface area contributed by atoms with Crippen LogP contribution in [-0.2, 0) is 14.3 Å². The third-order valence-corrected chi connectivity index (χ3v) is 6.26. The topological polar surface area (TPSA) is 86.2 Å². The van der Waals surface area contributed by atoms with Crippen LogP contribution in [0, 0.1) is 6.92 Å².